The summed E-state index contributed by atoms with van der Waals surface area (Å²) < 4.78 is 2.04. The zero-order valence-corrected chi connectivity index (χ0v) is 9.17. The molecule has 1 heterocycles. The van der Waals surface area contributed by atoms with Gasteiger partial charge >= 0.3 is 0 Å². The molecule has 0 saturated heterocycles. The van der Waals surface area contributed by atoms with Gasteiger partial charge in [0.15, 0.2) is 0 Å². The minimum absolute atomic E-state index is 0.116. The van der Waals surface area contributed by atoms with Gasteiger partial charge in [-0.05, 0) is 39.2 Å². The summed E-state index contributed by atoms with van der Waals surface area (Å²) in [5.41, 5.74) is 1.47. The van der Waals surface area contributed by atoms with Gasteiger partial charge < -0.3 is 0 Å². The summed E-state index contributed by atoms with van der Waals surface area (Å²) in [4.78, 5) is 0. The highest BCUT2D eigenvalue weighted by Crippen LogP contribution is 2.14. The first-order valence-electron chi connectivity index (χ1n) is 5.08. The van der Waals surface area contributed by atoms with Gasteiger partial charge in [0.1, 0.15) is 0 Å². The van der Waals surface area contributed by atoms with Gasteiger partial charge in [-0.15, -0.1) is 0 Å². The van der Waals surface area contributed by atoms with Crippen LogP contribution in [0.25, 0.3) is 0 Å². The highest BCUT2D eigenvalue weighted by Gasteiger charge is 2.13. The van der Waals surface area contributed by atoms with Crippen LogP contribution in [0.4, 0.5) is 0 Å². The van der Waals surface area contributed by atoms with E-state index in [1.807, 2.05) is 10.9 Å². The van der Waals surface area contributed by atoms with E-state index in [0.717, 1.165) is 6.42 Å². The van der Waals surface area contributed by atoms with Crippen molar-refractivity contribution in [3.05, 3.63) is 18.0 Å². The number of hydrogen-bond acceptors (Lipinski definition) is 1. The van der Waals surface area contributed by atoms with Crippen LogP contribution in [0.5, 0.6) is 0 Å². The average Bonchev–Trinajstić information content (AvgIpc) is 2.47. The predicted octanol–water partition coefficient (Wildman–Crippen LogP) is 2.98. The minimum Gasteiger partial charge on any atom is -0.267 e. The van der Waals surface area contributed by atoms with E-state index in [2.05, 4.69) is 39.0 Å². The van der Waals surface area contributed by atoms with E-state index in [4.69, 9.17) is 0 Å². The average molecular weight is 180 g/mol. The molecule has 0 unspecified atom stereocenters. The third-order valence-corrected chi connectivity index (χ3v) is 2.14. The molecule has 0 aliphatic heterocycles. The summed E-state index contributed by atoms with van der Waals surface area (Å²) in [5.74, 6) is 0. The smallest absolute Gasteiger partial charge is 0.0543 e. The van der Waals surface area contributed by atoms with Gasteiger partial charge in [-0.25, -0.2) is 0 Å². The maximum atomic E-state index is 4.36. The zero-order chi connectivity index (χ0) is 9.90. The first-order chi connectivity index (χ1) is 6.04. The lowest BCUT2D eigenvalue weighted by molar-refractivity contribution is 0.355. The number of nitrogens with zero attached hydrogens (tertiary/aromatic N) is 2. The van der Waals surface area contributed by atoms with Gasteiger partial charge in [0.2, 0.25) is 0 Å². The Morgan fingerprint density at radius 3 is 2.54 bits per heavy atom. The number of unbranched alkanes of at least 4 members (excludes halogenated alkanes) is 1. The summed E-state index contributed by atoms with van der Waals surface area (Å²) in [5, 5.41) is 4.36. The Morgan fingerprint density at radius 2 is 2.08 bits per heavy atom. The Morgan fingerprint density at radius 1 is 1.38 bits per heavy atom. The van der Waals surface area contributed by atoms with Crippen molar-refractivity contribution in [1.82, 2.24) is 9.78 Å². The summed E-state index contributed by atoms with van der Waals surface area (Å²) in [7, 11) is 0. The quantitative estimate of drug-likeness (QED) is 0.699. The molecule has 1 rings (SSSR count). The molecule has 0 bridgehead atoms. The van der Waals surface area contributed by atoms with Crippen molar-refractivity contribution in [3.63, 3.8) is 0 Å². The molecule has 0 aromatic carbocycles. The summed E-state index contributed by atoms with van der Waals surface area (Å²) >= 11 is 0. The van der Waals surface area contributed by atoms with Crippen LogP contribution in [0.15, 0.2) is 12.4 Å². The molecule has 1 aromatic heterocycles. The first-order valence-corrected chi connectivity index (χ1v) is 5.08. The SMILES string of the molecule is CCCCc1cnn(C(C)(C)C)c1. The molecule has 74 valence electrons. The molecule has 0 amide bonds. The highest BCUT2D eigenvalue weighted by molar-refractivity contribution is 5.05. The van der Waals surface area contributed by atoms with E-state index >= 15 is 0 Å². The first kappa shape index (κ1) is 10.3. The van der Waals surface area contributed by atoms with Crippen molar-refractivity contribution in [2.45, 2.75) is 52.5 Å². The predicted molar refractivity (Wildman–Crippen MR) is 55.8 cm³/mol. The number of hydrogen-bond donors (Lipinski definition) is 0. The van der Waals surface area contributed by atoms with E-state index in [1.54, 1.807) is 0 Å². The van der Waals surface area contributed by atoms with Crippen LogP contribution in [-0.4, -0.2) is 9.78 Å². The van der Waals surface area contributed by atoms with Crippen molar-refractivity contribution in [2.75, 3.05) is 0 Å². The van der Waals surface area contributed by atoms with Crippen molar-refractivity contribution in [3.8, 4) is 0 Å². The molecule has 2 heteroatoms. The van der Waals surface area contributed by atoms with Gasteiger partial charge in [-0.3, -0.25) is 4.68 Å². The van der Waals surface area contributed by atoms with Crippen LogP contribution in [0, 0.1) is 0 Å². The zero-order valence-electron chi connectivity index (χ0n) is 9.17. The van der Waals surface area contributed by atoms with Gasteiger partial charge in [0.25, 0.3) is 0 Å². The lowest BCUT2D eigenvalue weighted by Crippen LogP contribution is -2.21. The number of aromatic nitrogens is 2. The molecule has 0 atom stereocenters. The van der Waals surface area contributed by atoms with E-state index < -0.39 is 0 Å². The molecule has 0 aliphatic rings. The normalized spacial score (nSPS) is 12.0. The Hall–Kier alpha value is -0.790. The second kappa shape index (κ2) is 3.95. The van der Waals surface area contributed by atoms with Crippen LogP contribution in [0.3, 0.4) is 0 Å². The summed E-state index contributed by atoms with van der Waals surface area (Å²) in [6.07, 6.45) is 7.82. The van der Waals surface area contributed by atoms with Crippen molar-refractivity contribution >= 4 is 0 Å². The van der Waals surface area contributed by atoms with Crippen LogP contribution in [-0.2, 0) is 12.0 Å². The molecule has 1 aromatic rings. The van der Waals surface area contributed by atoms with Crippen molar-refractivity contribution < 1.29 is 0 Å². The lowest BCUT2D eigenvalue weighted by Gasteiger charge is -2.18. The minimum atomic E-state index is 0.116. The second-order valence-electron chi connectivity index (χ2n) is 4.57. The summed E-state index contributed by atoms with van der Waals surface area (Å²) in [6, 6.07) is 0. The summed E-state index contributed by atoms with van der Waals surface area (Å²) in [6.45, 7) is 8.73. The van der Waals surface area contributed by atoms with Crippen molar-refractivity contribution in [1.29, 1.82) is 0 Å². The molecule has 0 fully saturated rings. The van der Waals surface area contributed by atoms with Crippen LogP contribution >= 0.6 is 0 Å². The topological polar surface area (TPSA) is 17.8 Å². The number of rotatable bonds is 3. The Balaban J connectivity index is 2.64. The molecule has 0 spiro atoms. The fraction of sp³-hybridized carbons (Fsp3) is 0.727. The van der Waals surface area contributed by atoms with E-state index in [9.17, 15) is 0 Å². The van der Waals surface area contributed by atoms with Gasteiger partial charge in [-0.1, -0.05) is 13.3 Å². The van der Waals surface area contributed by atoms with E-state index in [1.165, 1.54) is 18.4 Å². The fourth-order valence-corrected chi connectivity index (χ4v) is 1.24. The van der Waals surface area contributed by atoms with Crippen molar-refractivity contribution in [2.24, 2.45) is 0 Å². The fourth-order valence-electron chi connectivity index (χ4n) is 1.24. The molecule has 2 nitrogen and oxygen atoms in total. The van der Waals surface area contributed by atoms with E-state index in [0.29, 0.717) is 0 Å². The third-order valence-electron chi connectivity index (χ3n) is 2.14. The van der Waals surface area contributed by atoms with Crippen LogP contribution < -0.4 is 0 Å². The molecule has 0 saturated carbocycles. The Labute approximate surface area is 81.0 Å². The van der Waals surface area contributed by atoms with Gasteiger partial charge in [0, 0.05) is 6.20 Å². The molecular weight excluding hydrogens is 160 g/mol. The maximum Gasteiger partial charge on any atom is 0.0543 e. The molecule has 0 aliphatic carbocycles. The van der Waals surface area contributed by atoms with Crippen LogP contribution in [0.1, 0.15) is 46.1 Å². The van der Waals surface area contributed by atoms with Gasteiger partial charge in [0.05, 0.1) is 11.7 Å². The maximum absolute atomic E-state index is 4.36. The standard InChI is InChI=1S/C11H20N2/c1-5-6-7-10-8-12-13(9-10)11(2,3)4/h8-9H,5-7H2,1-4H3. The van der Waals surface area contributed by atoms with E-state index in [-0.39, 0.29) is 5.54 Å². The second-order valence-corrected chi connectivity index (χ2v) is 4.57. The molecule has 13 heavy (non-hydrogen) atoms. The highest BCUT2D eigenvalue weighted by atomic mass is 15.3. The largest absolute Gasteiger partial charge is 0.267 e. The molecule has 0 N–H and O–H groups in total. The Kier molecular flexibility index (Phi) is 3.12. The van der Waals surface area contributed by atoms with Gasteiger partial charge in [-0.2, -0.15) is 5.10 Å². The third kappa shape index (κ3) is 2.87. The molecular formula is C11H20N2. The number of aryl methyl sites for hydroxylation is 1. The lowest BCUT2D eigenvalue weighted by atomic mass is 10.1. The van der Waals surface area contributed by atoms with Crippen LogP contribution in [0.2, 0.25) is 0 Å². The monoisotopic (exact) mass is 180 g/mol. The molecule has 0 radical (unpaired) electrons. The Bertz CT molecular complexity index is 255.